The van der Waals surface area contributed by atoms with Gasteiger partial charge in [-0.1, -0.05) is 27.5 Å². The fraction of sp³-hybridized carbons (Fsp3) is 0.300. The molecule has 0 aliphatic carbocycles. The van der Waals surface area contributed by atoms with Gasteiger partial charge in [0.2, 0.25) is 0 Å². The summed E-state index contributed by atoms with van der Waals surface area (Å²) in [4.78, 5) is 11.0. The van der Waals surface area contributed by atoms with Crippen molar-refractivity contribution in [1.82, 2.24) is 8.75 Å². The van der Waals surface area contributed by atoms with Gasteiger partial charge < -0.3 is 0 Å². The molecule has 0 fully saturated rings. The van der Waals surface area contributed by atoms with E-state index in [2.05, 4.69) is 24.7 Å². The third kappa shape index (κ3) is 2.26. The minimum Gasteiger partial charge on any atom is -0.299 e. The Morgan fingerprint density at radius 1 is 1.56 bits per heavy atom. The first-order valence-corrected chi connectivity index (χ1v) is 6.66. The number of fused-ring (bicyclic) bond motifs is 1. The van der Waals surface area contributed by atoms with Gasteiger partial charge in [0.15, 0.2) is 0 Å². The van der Waals surface area contributed by atoms with Crippen LogP contribution in [0.3, 0.4) is 0 Å². The molecule has 1 aromatic heterocycles. The molecule has 2 aromatic rings. The molecule has 1 atom stereocenters. The number of rotatable bonds is 3. The van der Waals surface area contributed by atoms with Crippen molar-refractivity contribution < 1.29 is 4.79 Å². The quantitative estimate of drug-likeness (QED) is 0.816. The van der Waals surface area contributed by atoms with Crippen molar-refractivity contribution >= 4 is 56.1 Å². The molecule has 84 valence electrons. The molecule has 0 saturated heterocycles. The minimum absolute atomic E-state index is 0.0799. The Labute approximate surface area is 110 Å². The third-order valence-electron chi connectivity index (χ3n) is 2.30. The second-order valence-corrected chi connectivity index (χ2v) is 5.48. The van der Waals surface area contributed by atoms with E-state index in [-0.39, 0.29) is 10.6 Å². The molecule has 3 nitrogen and oxygen atoms in total. The van der Waals surface area contributed by atoms with Crippen molar-refractivity contribution in [3.63, 3.8) is 0 Å². The molecule has 0 spiro atoms. The highest BCUT2D eigenvalue weighted by Crippen LogP contribution is 2.27. The Morgan fingerprint density at radius 3 is 3.00 bits per heavy atom. The molecule has 1 unspecified atom stereocenters. The second-order valence-electron chi connectivity index (χ2n) is 3.44. The Morgan fingerprint density at radius 2 is 2.31 bits per heavy atom. The number of benzene rings is 1. The van der Waals surface area contributed by atoms with Gasteiger partial charge >= 0.3 is 0 Å². The molecule has 0 saturated carbocycles. The van der Waals surface area contributed by atoms with E-state index in [1.54, 1.807) is 13.0 Å². The highest BCUT2D eigenvalue weighted by Gasteiger charge is 2.16. The van der Waals surface area contributed by atoms with Gasteiger partial charge in [-0.15, -0.1) is 0 Å². The molecular weight excluding hydrogens is 312 g/mol. The van der Waals surface area contributed by atoms with E-state index in [4.69, 9.17) is 11.6 Å². The molecular formula is C10H8BrClN2OS. The molecule has 0 aliphatic rings. The van der Waals surface area contributed by atoms with Crippen molar-refractivity contribution in [3.05, 3.63) is 22.7 Å². The number of alkyl halides is 1. The van der Waals surface area contributed by atoms with Crippen molar-refractivity contribution in [3.8, 4) is 0 Å². The number of nitrogens with zero attached hydrogens (tertiary/aromatic N) is 2. The van der Waals surface area contributed by atoms with E-state index in [9.17, 15) is 4.79 Å². The van der Waals surface area contributed by atoms with Crippen molar-refractivity contribution in [2.75, 3.05) is 0 Å². The Balaban J connectivity index is 2.45. The van der Waals surface area contributed by atoms with Crippen LogP contribution in [0.15, 0.2) is 12.1 Å². The van der Waals surface area contributed by atoms with Crippen LogP contribution in [-0.2, 0) is 11.2 Å². The lowest BCUT2D eigenvalue weighted by molar-refractivity contribution is -0.116. The molecule has 1 heterocycles. The number of hydrogen-bond acceptors (Lipinski definition) is 4. The summed E-state index contributed by atoms with van der Waals surface area (Å²) >= 11 is 10.6. The molecule has 16 heavy (non-hydrogen) atoms. The summed E-state index contributed by atoms with van der Waals surface area (Å²) in [6.07, 6.45) is 0.539. The Kier molecular flexibility index (Phi) is 3.56. The molecule has 0 N–H and O–H groups in total. The van der Waals surface area contributed by atoms with Gasteiger partial charge in [-0.25, -0.2) is 0 Å². The van der Waals surface area contributed by atoms with Crippen molar-refractivity contribution in [2.24, 2.45) is 0 Å². The number of carbonyl (C=O) groups is 1. The zero-order valence-corrected chi connectivity index (χ0v) is 11.6. The molecule has 0 amide bonds. The van der Waals surface area contributed by atoms with Gasteiger partial charge in [0.1, 0.15) is 16.8 Å². The monoisotopic (exact) mass is 318 g/mol. The van der Waals surface area contributed by atoms with Crippen LogP contribution in [0.5, 0.6) is 0 Å². The molecule has 0 bridgehead atoms. The van der Waals surface area contributed by atoms with Crippen LogP contribution in [0.25, 0.3) is 11.0 Å². The SMILES string of the molecule is CC(=O)C(Br)Cc1c(Cl)ccc2nsnc12. The van der Waals surface area contributed by atoms with E-state index in [0.717, 1.165) is 28.3 Å². The van der Waals surface area contributed by atoms with Gasteiger partial charge in [-0.05, 0) is 25.5 Å². The predicted molar refractivity (Wildman–Crippen MR) is 69.5 cm³/mol. The standard InChI is InChI=1S/C10H8BrClN2OS/c1-5(15)7(11)4-6-8(12)2-3-9-10(6)14-16-13-9/h2-3,7H,4H2,1H3. The average molecular weight is 320 g/mol. The lowest BCUT2D eigenvalue weighted by atomic mass is 10.1. The smallest absolute Gasteiger partial charge is 0.143 e. The lowest BCUT2D eigenvalue weighted by Crippen LogP contribution is -2.13. The molecule has 6 heteroatoms. The molecule has 0 radical (unpaired) electrons. The molecule has 1 aromatic carbocycles. The molecule has 0 aliphatic heterocycles. The number of ketones is 1. The summed E-state index contributed by atoms with van der Waals surface area (Å²) in [6, 6.07) is 3.63. The third-order valence-corrected chi connectivity index (χ3v) is 4.17. The van der Waals surface area contributed by atoms with Crippen molar-refractivity contribution in [1.29, 1.82) is 0 Å². The van der Waals surface area contributed by atoms with Crippen LogP contribution >= 0.6 is 39.3 Å². The summed E-state index contributed by atoms with van der Waals surface area (Å²) < 4.78 is 8.35. The summed E-state index contributed by atoms with van der Waals surface area (Å²) in [7, 11) is 0. The lowest BCUT2D eigenvalue weighted by Gasteiger charge is -2.08. The van der Waals surface area contributed by atoms with E-state index in [1.165, 1.54) is 0 Å². The summed E-state index contributed by atoms with van der Waals surface area (Å²) in [5.41, 5.74) is 2.50. The highest BCUT2D eigenvalue weighted by molar-refractivity contribution is 9.10. The first kappa shape index (κ1) is 12.0. The van der Waals surface area contributed by atoms with Crippen LogP contribution in [0.2, 0.25) is 5.02 Å². The average Bonchev–Trinajstić information content (AvgIpc) is 2.70. The predicted octanol–water partition coefficient (Wildman–Crippen LogP) is 3.24. The molecule has 2 rings (SSSR count). The van der Waals surface area contributed by atoms with Gasteiger partial charge in [0, 0.05) is 10.6 Å². The van der Waals surface area contributed by atoms with Crippen LogP contribution in [0, 0.1) is 0 Å². The van der Waals surface area contributed by atoms with E-state index in [0.29, 0.717) is 11.4 Å². The fourth-order valence-electron chi connectivity index (χ4n) is 1.40. The first-order chi connectivity index (χ1) is 7.59. The summed E-state index contributed by atoms with van der Waals surface area (Å²) in [5.74, 6) is 0.0799. The number of carbonyl (C=O) groups excluding carboxylic acids is 1. The van der Waals surface area contributed by atoms with Gasteiger partial charge in [0.25, 0.3) is 0 Å². The zero-order valence-electron chi connectivity index (χ0n) is 8.41. The maximum absolute atomic E-state index is 11.2. The van der Waals surface area contributed by atoms with Crippen LogP contribution in [-0.4, -0.2) is 19.4 Å². The number of Topliss-reactive ketones (excluding diaryl/α,β-unsaturated/α-hetero) is 1. The summed E-state index contributed by atoms with van der Waals surface area (Å²) in [6.45, 7) is 1.55. The van der Waals surface area contributed by atoms with Gasteiger partial charge in [-0.2, -0.15) is 8.75 Å². The van der Waals surface area contributed by atoms with Crippen LogP contribution in [0.4, 0.5) is 0 Å². The zero-order chi connectivity index (χ0) is 11.7. The Bertz CT molecular complexity index is 543. The fourth-order valence-corrected chi connectivity index (χ4v) is 2.51. The maximum atomic E-state index is 11.2. The van der Waals surface area contributed by atoms with E-state index < -0.39 is 0 Å². The van der Waals surface area contributed by atoms with Crippen LogP contribution < -0.4 is 0 Å². The van der Waals surface area contributed by atoms with Crippen LogP contribution in [0.1, 0.15) is 12.5 Å². The number of hydrogen-bond donors (Lipinski definition) is 0. The normalized spacial score (nSPS) is 12.9. The van der Waals surface area contributed by atoms with E-state index in [1.807, 2.05) is 6.07 Å². The Hall–Kier alpha value is -0.520. The minimum atomic E-state index is -0.225. The van der Waals surface area contributed by atoms with E-state index >= 15 is 0 Å². The summed E-state index contributed by atoms with van der Waals surface area (Å²) in [5, 5.41) is 0.630. The largest absolute Gasteiger partial charge is 0.299 e. The first-order valence-electron chi connectivity index (χ1n) is 4.63. The van der Waals surface area contributed by atoms with Gasteiger partial charge in [-0.3, -0.25) is 4.79 Å². The highest BCUT2D eigenvalue weighted by atomic mass is 79.9. The second kappa shape index (κ2) is 4.77. The number of halogens is 2. The maximum Gasteiger partial charge on any atom is 0.143 e. The van der Waals surface area contributed by atoms with Gasteiger partial charge in [0.05, 0.1) is 16.6 Å². The van der Waals surface area contributed by atoms with Crippen molar-refractivity contribution in [2.45, 2.75) is 18.2 Å². The topological polar surface area (TPSA) is 42.9 Å². The number of aromatic nitrogens is 2.